The second-order valence-corrected chi connectivity index (χ2v) is 6.78. The molecule has 0 spiro atoms. The molecule has 24 heavy (non-hydrogen) atoms. The molecule has 1 aliphatic carbocycles. The van der Waals surface area contributed by atoms with Crippen molar-refractivity contribution in [3.05, 3.63) is 40.8 Å². The summed E-state index contributed by atoms with van der Waals surface area (Å²) in [6, 6.07) is 6.12. The predicted molar refractivity (Wildman–Crippen MR) is 89.7 cm³/mol. The van der Waals surface area contributed by atoms with E-state index in [1.807, 2.05) is 4.90 Å². The summed E-state index contributed by atoms with van der Waals surface area (Å²) >= 11 is 6.23. The molecular weight excluding hydrogens is 331 g/mol. The molecular formula is C18H18ClFN2O2. The highest BCUT2D eigenvalue weighted by atomic mass is 35.5. The first-order valence-electron chi connectivity index (χ1n) is 8.32. The van der Waals surface area contributed by atoms with Gasteiger partial charge in [0.2, 0.25) is 0 Å². The molecule has 126 valence electrons. The SMILES string of the molecule is O=C(c1cc2ccc(F)cc2nc1Cl)N1CCOC2CCCCC21. The summed E-state index contributed by atoms with van der Waals surface area (Å²) in [4.78, 5) is 19.1. The van der Waals surface area contributed by atoms with E-state index in [-0.39, 0.29) is 29.0 Å². The van der Waals surface area contributed by atoms with E-state index in [0.29, 0.717) is 29.6 Å². The lowest BCUT2D eigenvalue weighted by Crippen LogP contribution is -2.54. The van der Waals surface area contributed by atoms with Crippen molar-refractivity contribution < 1.29 is 13.9 Å². The molecule has 0 bridgehead atoms. The second-order valence-electron chi connectivity index (χ2n) is 6.42. The number of carbonyl (C=O) groups is 1. The zero-order valence-electron chi connectivity index (χ0n) is 13.2. The summed E-state index contributed by atoms with van der Waals surface area (Å²) in [6.45, 7) is 1.12. The molecule has 1 aromatic carbocycles. The lowest BCUT2D eigenvalue weighted by molar-refractivity contribution is -0.0752. The molecule has 1 amide bonds. The Labute approximate surface area is 144 Å². The van der Waals surface area contributed by atoms with Crippen molar-refractivity contribution in [3.63, 3.8) is 0 Å². The molecule has 4 rings (SSSR count). The first-order valence-corrected chi connectivity index (χ1v) is 8.69. The number of amides is 1. The van der Waals surface area contributed by atoms with Gasteiger partial charge in [0.25, 0.3) is 5.91 Å². The van der Waals surface area contributed by atoms with Crippen LogP contribution in [0.3, 0.4) is 0 Å². The number of rotatable bonds is 1. The predicted octanol–water partition coefficient (Wildman–Crippen LogP) is 3.81. The summed E-state index contributed by atoms with van der Waals surface area (Å²) in [5.41, 5.74) is 0.830. The van der Waals surface area contributed by atoms with Gasteiger partial charge in [-0.3, -0.25) is 4.79 Å². The summed E-state index contributed by atoms with van der Waals surface area (Å²) in [6.07, 6.45) is 4.33. The van der Waals surface area contributed by atoms with Crippen molar-refractivity contribution in [3.8, 4) is 0 Å². The minimum absolute atomic E-state index is 0.111. The maximum Gasteiger partial charge on any atom is 0.257 e. The third kappa shape index (κ3) is 2.76. The van der Waals surface area contributed by atoms with Crippen molar-refractivity contribution >= 4 is 28.4 Å². The zero-order chi connectivity index (χ0) is 16.7. The number of fused-ring (bicyclic) bond motifs is 2. The van der Waals surface area contributed by atoms with Crippen molar-refractivity contribution in [2.45, 2.75) is 37.8 Å². The minimum Gasteiger partial charge on any atom is -0.374 e. The standard InChI is InChI=1S/C18H18ClFN2O2/c19-17-13(9-11-5-6-12(20)10-14(11)21-17)18(23)22-7-8-24-16-4-2-1-3-15(16)22/h5-6,9-10,15-16H,1-4,7-8H2. The minimum atomic E-state index is -0.372. The number of ether oxygens (including phenoxy) is 1. The monoisotopic (exact) mass is 348 g/mol. The second kappa shape index (κ2) is 6.30. The first kappa shape index (κ1) is 15.8. The number of aromatic nitrogens is 1. The first-order chi connectivity index (χ1) is 11.6. The molecule has 0 N–H and O–H groups in total. The zero-order valence-corrected chi connectivity index (χ0v) is 13.9. The van der Waals surface area contributed by atoms with Crippen LogP contribution in [0.2, 0.25) is 5.15 Å². The van der Waals surface area contributed by atoms with E-state index >= 15 is 0 Å². The molecule has 2 atom stereocenters. The van der Waals surface area contributed by atoms with Crippen molar-refractivity contribution in [1.82, 2.24) is 9.88 Å². The lowest BCUT2D eigenvalue weighted by atomic mass is 9.89. The lowest BCUT2D eigenvalue weighted by Gasteiger charge is -2.43. The molecule has 2 heterocycles. The van der Waals surface area contributed by atoms with Gasteiger partial charge < -0.3 is 9.64 Å². The third-order valence-corrected chi connectivity index (χ3v) is 5.24. The smallest absolute Gasteiger partial charge is 0.257 e. The number of halogens is 2. The van der Waals surface area contributed by atoms with Crippen LogP contribution in [0.4, 0.5) is 4.39 Å². The van der Waals surface area contributed by atoms with E-state index in [2.05, 4.69) is 4.98 Å². The Hall–Kier alpha value is -1.72. The van der Waals surface area contributed by atoms with Gasteiger partial charge in [-0.2, -0.15) is 0 Å². The fraction of sp³-hybridized carbons (Fsp3) is 0.444. The topological polar surface area (TPSA) is 42.4 Å². The van der Waals surface area contributed by atoms with E-state index in [4.69, 9.17) is 16.3 Å². The average Bonchev–Trinajstić information content (AvgIpc) is 2.60. The average molecular weight is 349 g/mol. The largest absolute Gasteiger partial charge is 0.374 e. The number of morpholine rings is 1. The van der Waals surface area contributed by atoms with Gasteiger partial charge in [0.15, 0.2) is 0 Å². The van der Waals surface area contributed by atoms with Gasteiger partial charge in [0.05, 0.1) is 29.8 Å². The maximum atomic E-state index is 13.3. The molecule has 2 unspecified atom stereocenters. The molecule has 6 heteroatoms. The Morgan fingerprint density at radius 3 is 3.00 bits per heavy atom. The highest BCUT2D eigenvalue weighted by Gasteiger charge is 2.37. The molecule has 2 aliphatic rings. The Kier molecular flexibility index (Phi) is 4.14. The van der Waals surface area contributed by atoms with Crippen LogP contribution in [0.25, 0.3) is 10.9 Å². The van der Waals surface area contributed by atoms with Crippen molar-refractivity contribution in [2.24, 2.45) is 0 Å². The van der Waals surface area contributed by atoms with Gasteiger partial charge in [-0.05, 0) is 31.0 Å². The van der Waals surface area contributed by atoms with Crippen molar-refractivity contribution in [2.75, 3.05) is 13.2 Å². The van der Waals surface area contributed by atoms with Crippen LogP contribution >= 0.6 is 11.6 Å². The van der Waals surface area contributed by atoms with Gasteiger partial charge in [0, 0.05) is 18.0 Å². The molecule has 2 aromatic rings. The molecule has 1 aromatic heterocycles. The van der Waals surface area contributed by atoms with Gasteiger partial charge in [0.1, 0.15) is 11.0 Å². The summed E-state index contributed by atoms with van der Waals surface area (Å²) in [7, 11) is 0. The third-order valence-electron chi connectivity index (χ3n) is 4.96. The summed E-state index contributed by atoms with van der Waals surface area (Å²) in [5.74, 6) is -0.484. The Morgan fingerprint density at radius 2 is 2.12 bits per heavy atom. The fourth-order valence-corrected chi connectivity index (χ4v) is 4.00. The van der Waals surface area contributed by atoms with Gasteiger partial charge in [-0.25, -0.2) is 9.37 Å². The van der Waals surface area contributed by atoms with Crippen LogP contribution < -0.4 is 0 Å². The van der Waals surface area contributed by atoms with E-state index < -0.39 is 0 Å². The quantitative estimate of drug-likeness (QED) is 0.736. The Bertz CT molecular complexity index is 796. The van der Waals surface area contributed by atoms with E-state index in [1.54, 1.807) is 12.1 Å². The van der Waals surface area contributed by atoms with Crippen LogP contribution in [-0.2, 0) is 4.74 Å². The van der Waals surface area contributed by atoms with Crippen LogP contribution in [-0.4, -0.2) is 41.1 Å². The molecule has 2 fully saturated rings. The number of carbonyl (C=O) groups excluding carboxylic acids is 1. The number of hydrogen-bond acceptors (Lipinski definition) is 3. The van der Waals surface area contributed by atoms with E-state index in [0.717, 1.165) is 25.7 Å². The Balaban J connectivity index is 1.69. The van der Waals surface area contributed by atoms with Gasteiger partial charge >= 0.3 is 0 Å². The number of nitrogens with zero attached hydrogens (tertiary/aromatic N) is 2. The van der Waals surface area contributed by atoms with Gasteiger partial charge in [-0.1, -0.05) is 24.4 Å². The molecule has 1 saturated heterocycles. The molecule has 4 nitrogen and oxygen atoms in total. The van der Waals surface area contributed by atoms with Gasteiger partial charge in [-0.15, -0.1) is 0 Å². The normalized spacial score (nSPS) is 24.0. The Morgan fingerprint density at radius 1 is 1.29 bits per heavy atom. The number of pyridine rings is 1. The van der Waals surface area contributed by atoms with E-state index in [9.17, 15) is 9.18 Å². The molecule has 1 aliphatic heterocycles. The van der Waals surface area contributed by atoms with Crippen LogP contribution in [0.1, 0.15) is 36.0 Å². The number of benzene rings is 1. The highest BCUT2D eigenvalue weighted by molar-refractivity contribution is 6.33. The number of hydrogen-bond donors (Lipinski definition) is 0. The fourth-order valence-electron chi connectivity index (χ4n) is 3.77. The maximum absolute atomic E-state index is 13.3. The summed E-state index contributed by atoms with van der Waals surface area (Å²) in [5, 5.41) is 0.828. The van der Waals surface area contributed by atoms with Crippen LogP contribution in [0, 0.1) is 5.82 Å². The molecule has 0 radical (unpaired) electrons. The van der Waals surface area contributed by atoms with Crippen molar-refractivity contribution in [1.29, 1.82) is 0 Å². The summed E-state index contributed by atoms with van der Waals surface area (Å²) < 4.78 is 19.2. The van der Waals surface area contributed by atoms with Crippen LogP contribution in [0.5, 0.6) is 0 Å². The van der Waals surface area contributed by atoms with E-state index in [1.165, 1.54) is 12.1 Å². The highest BCUT2D eigenvalue weighted by Crippen LogP contribution is 2.31. The van der Waals surface area contributed by atoms with Crippen LogP contribution in [0.15, 0.2) is 24.3 Å². The molecule has 1 saturated carbocycles.